The Morgan fingerprint density at radius 1 is 1.06 bits per heavy atom. The Labute approximate surface area is 195 Å². The lowest BCUT2D eigenvalue weighted by molar-refractivity contribution is 0.0467. The molecule has 2 heterocycles. The van der Waals surface area contributed by atoms with E-state index in [2.05, 4.69) is 25.6 Å². The first-order valence-corrected chi connectivity index (χ1v) is 11.5. The number of anilines is 1. The van der Waals surface area contributed by atoms with Gasteiger partial charge in [0, 0.05) is 23.3 Å². The molecular formula is C21H15BrF2N2O6S. The van der Waals surface area contributed by atoms with Crippen molar-refractivity contribution in [2.45, 2.75) is 11.5 Å². The van der Waals surface area contributed by atoms with Crippen LogP contribution in [0.2, 0.25) is 0 Å². The largest absolute Gasteiger partial charge is 0.494 e. The van der Waals surface area contributed by atoms with Crippen molar-refractivity contribution in [1.29, 1.82) is 0 Å². The number of fused-ring (bicyclic) bond motifs is 6. The number of nitrogens with zero attached hydrogens (tertiary/aromatic N) is 1. The number of ether oxygens (including phenoxy) is 3. The van der Waals surface area contributed by atoms with Crippen molar-refractivity contribution in [1.82, 2.24) is 4.98 Å². The Bertz CT molecular complexity index is 1400. The van der Waals surface area contributed by atoms with E-state index in [4.69, 9.17) is 14.2 Å². The van der Waals surface area contributed by atoms with Crippen LogP contribution in [0.3, 0.4) is 0 Å². The van der Waals surface area contributed by atoms with Crippen LogP contribution in [0.15, 0.2) is 45.8 Å². The highest BCUT2D eigenvalue weighted by atomic mass is 79.9. The highest BCUT2D eigenvalue weighted by Gasteiger charge is 2.28. The van der Waals surface area contributed by atoms with Gasteiger partial charge in [0.25, 0.3) is 10.0 Å². The van der Waals surface area contributed by atoms with Crippen molar-refractivity contribution in [3.63, 3.8) is 0 Å². The third-order valence-electron chi connectivity index (χ3n) is 4.83. The number of rotatable bonds is 2. The SMILES string of the molecule is COc1ccc2c(n1)COC(=O)c1cc(Br)c(OC)c(c1)S(=O)(=O)Nc1cc-2c(F)cc1F. The molecule has 0 saturated heterocycles. The summed E-state index contributed by atoms with van der Waals surface area (Å²) in [6.07, 6.45) is 0. The predicted octanol–water partition coefficient (Wildman–Crippen LogP) is 4.28. The van der Waals surface area contributed by atoms with Gasteiger partial charge >= 0.3 is 5.97 Å². The number of methoxy groups -OCH3 is 2. The number of sulfonamides is 1. The normalized spacial score (nSPS) is 14.5. The van der Waals surface area contributed by atoms with Crippen molar-refractivity contribution in [3.8, 4) is 22.8 Å². The van der Waals surface area contributed by atoms with Gasteiger partial charge in [0.05, 0.1) is 35.6 Å². The van der Waals surface area contributed by atoms with Gasteiger partial charge in [0.2, 0.25) is 5.88 Å². The highest BCUT2D eigenvalue weighted by Crippen LogP contribution is 2.37. The van der Waals surface area contributed by atoms with Gasteiger partial charge in [-0.2, -0.15) is 0 Å². The van der Waals surface area contributed by atoms with Crippen LogP contribution in [-0.4, -0.2) is 33.6 Å². The lowest BCUT2D eigenvalue weighted by atomic mass is 10.0. The lowest BCUT2D eigenvalue weighted by Crippen LogP contribution is -2.16. The summed E-state index contributed by atoms with van der Waals surface area (Å²) in [6, 6.07) is 6.80. The van der Waals surface area contributed by atoms with Crippen LogP contribution in [0, 0.1) is 11.6 Å². The van der Waals surface area contributed by atoms with E-state index < -0.39 is 44.8 Å². The summed E-state index contributed by atoms with van der Waals surface area (Å²) in [5.74, 6) is -2.92. The molecular weight excluding hydrogens is 526 g/mol. The Morgan fingerprint density at radius 2 is 1.82 bits per heavy atom. The summed E-state index contributed by atoms with van der Waals surface area (Å²) in [5, 5.41) is 0. The summed E-state index contributed by atoms with van der Waals surface area (Å²) in [4.78, 5) is 16.5. The van der Waals surface area contributed by atoms with Gasteiger partial charge in [-0.05, 0) is 40.2 Å². The lowest BCUT2D eigenvalue weighted by Gasteiger charge is -2.15. The first-order chi connectivity index (χ1) is 15.6. The molecule has 0 spiro atoms. The summed E-state index contributed by atoms with van der Waals surface area (Å²) in [6.45, 7) is -0.392. The van der Waals surface area contributed by atoms with E-state index >= 15 is 0 Å². The fourth-order valence-corrected chi connectivity index (χ4v) is 5.31. The maximum Gasteiger partial charge on any atom is 0.338 e. The molecule has 1 aromatic heterocycles. The first-order valence-electron chi connectivity index (χ1n) is 9.25. The van der Waals surface area contributed by atoms with Crippen molar-refractivity contribution >= 4 is 37.6 Å². The zero-order valence-corrected chi connectivity index (χ0v) is 19.5. The maximum absolute atomic E-state index is 14.7. The standard InChI is InChI=1S/C21H15BrF2N2O6S/c1-30-19-4-3-11-12-7-16(15(24)8-14(12)23)26-33(28,29)18-6-10(5-13(22)20(18)31-2)21(27)32-9-17(11)25-19/h3-8,26H,9H2,1-2H3. The molecule has 0 atom stereocenters. The summed E-state index contributed by atoms with van der Waals surface area (Å²) >= 11 is 3.17. The molecule has 0 amide bonds. The van der Waals surface area contributed by atoms with E-state index in [-0.39, 0.29) is 38.5 Å². The third-order valence-corrected chi connectivity index (χ3v) is 6.79. The van der Waals surface area contributed by atoms with Gasteiger partial charge in [0.15, 0.2) is 5.75 Å². The molecule has 172 valence electrons. The number of benzene rings is 2. The van der Waals surface area contributed by atoms with Gasteiger partial charge in [0.1, 0.15) is 23.1 Å². The molecule has 4 bridgehead atoms. The average molecular weight is 541 g/mol. The van der Waals surface area contributed by atoms with E-state index in [9.17, 15) is 22.0 Å². The molecule has 0 fully saturated rings. The molecule has 1 aliphatic rings. The summed E-state index contributed by atoms with van der Waals surface area (Å²) < 4.78 is 73.4. The second-order valence-corrected chi connectivity index (χ2v) is 9.34. The number of halogens is 3. The highest BCUT2D eigenvalue weighted by molar-refractivity contribution is 9.10. The minimum atomic E-state index is -4.48. The monoisotopic (exact) mass is 540 g/mol. The van der Waals surface area contributed by atoms with Gasteiger partial charge < -0.3 is 14.2 Å². The minimum Gasteiger partial charge on any atom is -0.494 e. The number of carbonyl (C=O) groups is 1. The van der Waals surface area contributed by atoms with Crippen LogP contribution in [0.1, 0.15) is 16.1 Å². The summed E-state index contributed by atoms with van der Waals surface area (Å²) in [5.41, 5.74) is -0.511. The average Bonchev–Trinajstić information content (AvgIpc) is 2.78. The molecule has 3 aromatic rings. The maximum atomic E-state index is 14.7. The number of aromatic nitrogens is 1. The van der Waals surface area contributed by atoms with Gasteiger partial charge in [-0.3, -0.25) is 4.72 Å². The summed E-state index contributed by atoms with van der Waals surface area (Å²) in [7, 11) is -1.87. The van der Waals surface area contributed by atoms with E-state index in [1.807, 2.05) is 0 Å². The fraction of sp³-hybridized carbons (Fsp3) is 0.143. The first kappa shape index (κ1) is 22.9. The van der Waals surface area contributed by atoms with E-state index in [1.54, 1.807) is 0 Å². The van der Waals surface area contributed by atoms with Crippen molar-refractivity contribution < 1.29 is 36.2 Å². The molecule has 33 heavy (non-hydrogen) atoms. The number of nitrogens with one attached hydrogen (secondary N) is 1. The smallest absolute Gasteiger partial charge is 0.338 e. The Morgan fingerprint density at radius 3 is 2.52 bits per heavy atom. The predicted molar refractivity (Wildman–Crippen MR) is 117 cm³/mol. The van der Waals surface area contributed by atoms with Crippen LogP contribution in [0.25, 0.3) is 11.1 Å². The number of pyridine rings is 1. The second-order valence-electron chi connectivity index (χ2n) is 6.83. The van der Waals surface area contributed by atoms with Crippen LogP contribution < -0.4 is 14.2 Å². The molecule has 1 aliphatic heterocycles. The molecule has 12 heteroatoms. The van der Waals surface area contributed by atoms with Crippen LogP contribution >= 0.6 is 15.9 Å². The van der Waals surface area contributed by atoms with Crippen molar-refractivity contribution in [3.05, 3.63) is 63.8 Å². The van der Waals surface area contributed by atoms with Crippen LogP contribution in [0.4, 0.5) is 14.5 Å². The van der Waals surface area contributed by atoms with Gasteiger partial charge in [-0.1, -0.05) is 0 Å². The topological polar surface area (TPSA) is 104 Å². The number of cyclic esters (lactones) is 1. The second kappa shape index (κ2) is 8.60. The van der Waals surface area contributed by atoms with Crippen LogP contribution in [0.5, 0.6) is 11.6 Å². The van der Waals surface area contributed by atoms with E-state index in [0.29, 0.717) is 6.07 Å². The molecule has 4 rings (SSSR count). The van der Waals surface area contributed by atoms with Gasteiger partial charge in [-0.25, -0.2) is 27.0 Å². The zero-order valence-electron chi connectivity index (χ0n) is 17.1. The molecule has 0 unspecified atom stereocenters. The van der Waals surface area contributed by atoms with Crippen molar-refractivity contribution in [2.24, 2.45) is 0 Å². The van der Waals surface area contributed by atoms with E-state index in [1.165, 1.54) is 32.4 Å². The Kier molecular flexibility index (Phi) is 5.97. The molecule has 1 N–H and O–H groups in total. The van der Waals surface area contributed by atoms with Crippen LogP contribution in [-0.2, 0) is 21.4 Å². The molecule has 0 saturated carbocycles. The zero-order chi connectivity index (χ0) is 23.9. The minimum absolute atomic E-state index is 0.119. The number of esters is 1. The fourth-order valence-electron chi connectivity index (χ4n) is 3.28. The Hall–Kier alpha value is -3.25. The molecule has 2 aromatic carbocycles. The Balaban J connectivity index is 2.01. The van der Waals surface area contributed by atoms with Gasteiger partial charge in [-0.15, -0.1) is 0 Å². The third kappa shape index (κ3) is 4.23. The van der Waals surface area contributed by atoms with E-state index in [0.717, 1.165) is 12.1 Å². The number of hydrogen-bond donors (Lipinski definition) is 1. The molecule has 0 aliphatic carbocycles. The molecule has 0 radical (unpaired) electrons. The quantitative estimate of drug-likeness (QED) is 0.484. The van der Waals surface area contributed by atoms with Crippen molar-refractivity contribution in [2.75, 3.05) is 18.9 Å². The number of hydrogen-bond acceptors (Lipinski definition) is 7. The number of carbonyl (C=O) groups excluding carboxylic acids is 1. The molecule has 8 nitrogen and oxygen atoms in total.